The first-order valence-corrected chi connectivity index (χ1v) is 9.16. The smallest absolute Gasteiger partial charge is 0.226 e. The van der Waals surface area contributed by atoms with Crippen LogP contribution >= 0.6 is 12.4 Å². The first-order chi connectivity index (χ1) is 11.1. The highest BCUT2D eigenvalue weighted by molar-refractivity contribution is 5.85. The van der Waals surface area contributed by atoms with Crippen molar-refractivity contribution in [1.29, 1.82) is 0 Å². The summed E-state index contributed by atoms with van der Waals surface area (Å²) in [5.41, 5.74) is 7.59. The molecule has 134 valence electrons. The molecule has 1 amide bonds. The number of rotatable bonds is 4. The van der Waals surface area contributed by atoms with E-state index < -0.39 is 0 Å². The van der Waals surface area contributed by atoms with E-state index in [1.165, 1.54) is 24.8 Å². The van der Waals surface area contributed by atoms with Crippen LogP contribution in [0.5, 0.6) is 0 Å². The number of benzene rings is 1. The molecular formula is C20H31ClN2O. The molecule has 2 fully saturated rings. The molecule has 2 N–H and O–H groups in total. The van der Waals surface area contributed by atoms with Gasteiger partial charge in [0.1, 0.15) is 0 Å². The summed E-state index contributed by atoms with van der Waals surface area (Å²) in [7, 11) is 0. The Bertz CT molecular complexity index is 520. The summed E-state index contributed by atoms with van der Waals surface area (Å²) in [5.74, 6) is 1.63. The lowest BCUT2D eigenvalue weighted by atomic mass is 9.65. The predicted octanol–water partition coefficient (Wildman–Crippen LogP) is 4.00. The summed E-state index contributed by atoms with van der Waals surface area (Å²) in [6.07, 6.45) is 5.70. The van der Waals surface area contributed by atoms with Crippen LogP contribution in [0.4, 0.5) is 0 Å². The number of nitrogens with zero attached hydrogens (tertiary/aromatic N) is 1. The molecule has 4 heteroatoms. The number of carbonyl (C=O) groups is 1. The first kappa shape index (κ1) is 19.3. The van der Waals surface area contributed by atoms with Gasteiger partial charge in [0.2, 0.25) is 5.91 Å². The van der Waals surface area contributed by atoms with Gasteiger partial charge in [0.15, 0.2) is 0 Å². The molecular weight excluding hydrogens is 320 g/mol. The predicted molar refractivity (Wildman–Crippen MR) is 101 cm³/mol. The van der Waals surface area contributed by atoms with Gasteiger partial charge in [-0.15, -0.1) is 12.4 Å². The van der Waals surface area contributed by atoms with E-state index in [0.29, 0.717) is 23.8 Å². The molecule has 2 aliphatic rings. The Kier molecular flexibility index (Phi) is 6.70. The van der Waals surface area contributed by atoms with E-state index in [9.17, 15) is 4.79 Å². The fourth-order valence-electron chi connectivity index (χ4n) is 4.52. The van der Waals surface area contributed by atoms with Crippen molar-refractivity contribution in [2.75, 3.05) is 0 Å². The van der Waals surface area contributed by atoms with Crippen LogP contribution < -0.4 is 5.73 Å². The van der Waals surface area contributed by atoms with E-state index in [2.05, 4.69) is 30.9 Å². The number of hydrogen-bond acceptors (Lipinski definition) is 2. The first-order valence-electron chi connectivity index (χ1n) is 9.16. The summed E-state index contributed by atoms with van der Waals surface area (Å²) in [4.78, 5) is 15.2. The molecule has 24 heavy (non-hydrogen) atoms. The maximum Gasteiger partial charge on any atom is 0.226 e. The number of hydrogen-bond donors (Lipinski definition) is 1. The largest absolute Gasteiger partial charge is 0.336 e. The molecule has 2 aliphatic carbocycles. The second-order valence-corrected chi connectivity index (χ2v) is 7.74. The normalized spacial score (nSPS) is 29.0. The standard InChI is InChI=1S/C20H30N2O.ClH/c1-14(2)22(13-15-7-4-3-5-8-15)20(23)18-11-16-9-6-10-17(12-18)19(16)21;/h3-5,7-8,14,16-19H,6,9-13,21H2,1-2H3;1H. The van der Waals surface area contributed by atoms with Gasteiger partial charge in [-0.05, 0) is 56.9 Å². The van der Waals surface area contributed by atoms with Crippen LogP contribution in [0.1, 0.15) is 51.5 Å². The fourth-order valence-corrected chi connectivity index (χ4v) is 4.52. The van der Waals surface area contributed by atoms with Gasteiger partial charge in [0.05, 0.1) is 0 Å². The van der Waals surface area contributed by atoms with Crippen molar-refractivity contribution in [3.8, 4) is 0 Å². The van der Waals surface area contributed by atoms with Gasteiger partial charge in [0, 0.05) is 24.5 Å². The van der Waals surface area contributed by atoms with Gasteiger partial charge in [-0.3, -0.25) is 4.79 Å². The van der Waals surface area contributed by atoms with Crippen molar-refractivity contribution in [3.63, 3.8) is 0 Å². The van der Waals surface area contributed by atoms with E-state index in [4.69, 9.17) is 5.73 Å². The molecule has 0 spiro atoms. The Morgan fingerprint density at radius 3 is 2.29 bits per heavy atom. The second-order valence-electron chi connectivity index (χ2n) is 7.74. The minimum Gasteiger partial charge on any atom is -0.336 e. The molecule has 3 nitrogen and oxygen atoms in total. The lowest BCUT2D eigenvalue weighted by Gasteiger charge is -2.45. The second kappa shape index (κ2) is 8.35. The monoisotopic (exact) mass is 350 g/mol. The van der Waals surface area contributed by atoms with E-state index in [0.717, 1.165) is 19.4 Å². The van der Waals surface area contributed by atoms with Crippen LogP contribution in [0, 0.1) is 17.8 Å². The number of nitrogens with two attached hydrogens (primary N) is 1. The van der Waals surface area contributed by atoms with Crippen molar-refractivity contribution >= 4 is 18.3 Å². The zero-order chi connectivity index (χ0) is 16.4. The molecule has 0 aromatic heterocycles. The van der Waals surface area contributed by atoms with Crippen molar-refractivity contribution in [1.82, 2.24) is 4.90 Å². The van der Waals surface area contributed by atoms with E-state index in [1.54, 1.807) is 0 Å². The quantitative estimate of drug-likeness (QED) is 0.892. The van der Waals surface area contributed by atoms with Crippen molar-refractivity contribution < 1.29 is 4.79 Å². The lowest BCUT2D eigenvalue weighted by Crippen LogP contribution is -2.50. The fraction of sp³-hybridized carbons (Fsp3) is 0.650. The Labute approximate surface area is 152 Å². The van der Waals surface area contributed by atoms with Crippen LogP contribution in [0.3, 0.4) is 0 Å². The number of halogens is 1. The van der Waals surface area contributed by atoms with Gasteiger partial charge in [-0.25, -0.2) is 0 Å². The van der Waals surface area contributed by atoms with Crippen molar-refractivity contribution in [2.24, 2.45) is 23.5 Å². The number of amides is 1. The van der Waals surface area contributed by atoms with Gasteiger partial charge >= 0.3 is 0 Å². The van der Waals surface area contributed by atoms with E-state index in [1.807, 2.05) is 18.2 Å². The average molecular weight is 351 g/mol. The Balaban J connectivity index is 0.00000208. The molecule has 0 aliphatic heterocycles. The van der Waals surface area contributed by atoms with Crippen molar-refractivity contribution in [3.05, 3.63) is 35.9 Å². The summed E-state index contributed by atoms with van der Waals surface area (Å²) in [6.45, 7) is 4.96. The third kappa shape index (κ3) is 4.12. The van der Waals surface area contributed by atoms with Crippen LogP contribution in [0.2, 0.25) is 0 Å². The van der Waals surface area contributed by atoms with Gasteiger partial charge < -0.3 is 10.6 Å². The highest BCUT2D eigenvalue weighted by Crippen LogP contribution is 2.42. The minimum absolute atomic E-state index is 0. The molecule has 3 rings (SSSR count). The van der Waals surface area contributed by atoms with E-state index in [-0.39, 0.29) is 24.4 Å². The topological polar surface area (TPSA) is 46.3 Å². The summed E-state index contributed by atoms with van der Waals surface area (Å²) >= 11 is 0. The molecule has 2 atom stereocenters. The molecule has 2 unspecified atom stereocenters. The Morgan fingerprint density at radius 1 is 1.17 bits per heavy atom. The summed E-state index contributed by atoms with van der Waals surface area (Å²) < 4.78 is 0. The highest BCUT2D eigenvalue weighted by atomic mass is 35.5. The van der Waals surface area contributed by atoms with Crippen molar-refractivity contribution in [2.45, 2.75) is 64.6 Å². The molecule has 0 saturated heterocycles. The third-order valence-corrected chi connectivity index (χ3v) is 5.86. The number of carbonyl (C=O) groups excluding carboxylic acids is 1. The summed E-state index contributed by atoms with van der Waals surface area (Å²) in [5, 5.41) is 0. The van der Waals surface area contributed by atoms with Crippen LogP contribution in [0.25, 0.3) is 0 Å². The van der Waals surface area contributed by atoms with Crippen LogP contribution in [0.15, 0.2) is 30.3 Å². The lowest BCUT2D eigenvalue weighted by molar-refractivity contribution is -0.141. The van der Waals surface area contributed by atoms with Gasteiger partial charge in [0.25, 0.3) is 0 Å². The minimum atomic E-state index is 0. The maximum atomic E-state index is 13.2. The highest BCUT2D eigenvalue weighted by Gasteiger charge is 2.41. The van der Waals surface area contributed by atoms with Crippen LogP contribution in [-0.4, -0.2) is 22.9 Å². The zero-order valence-electron chi connectivity index (χ0n) is 14.9. The number of fused-ring (bicyclic) bond motifs is 2. The average Bonchev–Trinajstić information content (AvgIpc) is 2.52. The van der Waals surface area contributed by atoms with Crippen LogP contribution in [-0.2, 0) is 11.3 Å². The Hall–Kier alpha value is -1.06. The maximum absolute atomic E-state index is 13.2. The molecule has 0 heterocycles. The molecule has 1 aromatic rings. The zero-order valence-corrected chi connectivity index (χ0v) is 15.7. The van der Waals surface area contributed by atoms with E-state index >= 15 is 0 Å². The molecule has 2 bridgehead atoms. The third-order valence-electron chi connectivity index (χ3n) is 5.86. The summed E-state index contributed by atoms with van der Waals surface area (Å²) in [6, 6.07) is 10.9. The molecule has 2 saturated carbocycles. The Morgan fingerprint density at radius 2 is 1.75 bits per heavy atom. The SMILES string of the molecule is CC(C)N(Cc1ccccc1)C(=O)C1CC2CCCC(C1)C2N.Cl. The van der Waals surface area contributed by atoms with Gasteiger partial charge in [-0.1, -0.05) is 36.8 Å². The molecule has 0 radical (unpaired) electrons. The molecule has 1 aromatic carbocycles. The van der Waals surface area contributed by atoms with Gasteiger partial charge in [-0.2, -0.15) is 0 Å².